The lowest BCUT2D eigenvalue weighted by molar-refractivity contribution is -0.137. The van der Waals surface area contributed by atoms with Gasteiger partial charge < -0.3 is 5.32 Å². The first-order valence-electron chi connectivity index (χ1n) is 10.9. The van der Waals surface area contributed by atoms with Crippen molar-refractivity contribution in [1.82, 2.24) is 0 Å². The molecule has 1 aliphatic heterocycles. The van der Waals surface area contributed by atoms with E-state index in [9.17, 15) is 31.2 Å². The van der Waals surface area contributed by atoms with Crippen molar-refractivity contribution in [2.45, 2.75) is 37.4 Å². The van der Waals surface area contributed by atoms with Crippen molar-refractivity contribution in [3.63, 3.8) is 0 Å². The van der Waals surface area contributed by atoms with Crippen LogP contribution in [-0.4, -0.2) is 26.3 Å². The summed E-state index contributed by atoms with van der Waals surface area (Å²) in [7, 11) is -4.24. The zero-order chi connectivity index (χ0) is 26.3. The quantitative estimate of drug-likeness (QED) is 0.455. The molecule has 1 unspecified atom stereocenters. The highest BCUT2D eigenvalue weighted by atomic mass is 32.2. The summed E-state index contributed by atoms with van der Waals surface area (Å²) in [5.41, 5.74) is 1.27. The fraction of sp³-hybridized carbons (Fsp3) is 0.200. The number of aryl methyl sites for hydroxylation is 2. The van der Waals surface area contributed by atoms with E-state index in [4.69, 9.17) is 0 Å². The highest BCUT2D eigenvalue weighted by molar-refractivity contribution is 7.92. The third-order valence-corrected chi connectivity index (χ3v) is 7.05. The highest BCUT2D eigenvalue weighted by Crippen LogP contribution is 2.32. The average molecular weight is 518 g/mol. The molecule has 0 saturated carbocycles. The zero-order valence-electron chi connectivity index (χ0n) is 19.3. The van der Waals surface area contributed by atoms with Gasteiger partial charge in [-0.05, 0) is 61.9 Å². The minimum atomic E-state index is -4.62. The number of nitrogens with one attached hydrogen (secondary N) is 2. The first-order valence-corrected chi connectivity index (χ1v) is 12.3. The molecule has 1 saturated heterocycles. The lowest BCUT2D eigenvalue weighted by Gasteiger charge is -2.18. The van der Waals surface area contributed by atoms with E-state index in [0.29, 0.717) is 11.8 Å². The topological polar surface area (TPSA) is 95.6 Å². The number of carbonyl (C=O) groups is 2. The standard InChI is InChI=1S/C25H22F3N3O4S/c1-15-9-10-22(16(2)11-15)31-23(32)14-21(24(31)33)29-18-6-4-8-20(13-18)36(34,35)30-19-7-3-5-17(12-19)25(26,27)28/h3-13,21,29-30H,14H2,1-2H3. The molecule has 2 amide bonds. The Balaban J connectivity index is 1.53. The number of sulfonamides is 1. The Morgan fingerprint density at radius 1 is 0.917 bits per heavy atom. The first kappa shape index (κ1) is 25.2. The van der Waals surface area contributed by atoms with E-state index in [1.165, 1.54) is 30.3 Å². The van der Waals surface area contributed by atoms with Crippen molar-refractivity contribution in [3.05, 3.63) is 83.4 Å². The molecular weight excluding hydrogens is 495 g/mol. The van der Waals surface area contributed by atoms with E-state index in [0.717, 1.165) is 28.2 Å². The molecule has 0 spiro atoms. The Bertz CT molecular complexity index is 1450. The minimum absolute atomic E-state index is 0.119. The summed E-state index contributed by atoms with van der Waals surface area (Å²) in [6.07, 6.45) is -4.74. The molecule has 1 aliphatic rings. The number of benzene rings is 3. The summed E-state index contributed by atoms with van der Waals surface area (Å²) in [6, 6.07) is 13.8. The predicted molar refractivity (Wildman–Crippen MR) is 129 cm³/mol. The van der Waals surface area contributed by atoms with Crippen LogP contribution < -0.4 is 14.9 Å². The Hall–Kier alpha value is -3.86. The van der Waals surface area contributed by atoms with Gasteiger partial charge in [0.05, 0.1) is 22.6 Å². The van der Waals surface area contributed by atoms with Crippen LogP contribution in [0.3, 0.4) is 0 Å². The number of anilines is 3. The molecule has 1 fully saturated rings. The molecule has 2 N–H and O–H groups in total. The van der Waals surface area contributed by atoms with Crippen molar-refractivity contribution >= 4 is 38.9 Å². The summed E-state index contributed by atoms with van der Waals surface area (Å²) in [5, 5.41) is 2.90. The second-order valence-electron chi connectivity index (χ2n) is 8.47. The van der Waals surface area contributed by atoms with Gasteiger partial charge in [-0.15, -0.1) is 0 Å². The Kier molecular flexibility index (Phi) is 6.52. The summed E-state index contributed by atoms with van der Waals surface area (Å²) >= 11 is 0. The van der Waals surface area contributed by atoms with E-state index in [2.05, 4.69) is 10.0 Å². The molecule has 188 valence electrons. The molecule has 1 heterocycles. The van der Waals surface area contributed by atoms with Crippen molar-refractivity contribution in [3.8, 4) is 0 Å². The Labute approximate surface area is 206 Å². The molecule has 1 atom stereocenters. The molecule has 11 heteroatoms. The third kappa shape index (κ3) is 5.20. The molecule has 4 rings (SSSR count). The van der Waals surface area contributed by atoms with E-state index in [-0.39, 0.29) is 28.6 Å². The monoisotopic (exact) mass is 517 g/mol. The highest BCUT2D eigenvalue weighted by Gasteiger charge is 2.40. The SMILES string of the molecule is Cc1ccc(N2C(=O)CC(Nc3cccc(S(=O)(=O)Nc4cccc(C(F)(F)F)c4)c3)C2=O)c(C)c1. The van der Waals surface area contributed by atoms with Crippen LogP contribution in [0.4, 0.5) is 30.2 Å². The molecule has 0 radical (unpaired) electrons. The van der Waals surface area contributed by atoms with Gasteiger partial charge >= 0.3 is 6.18 Å². The van der Waals surface area contributed by atoms with Gasteiger partial charge in [-0.25, -0.2) is 13.3 Å². The van der Waals surface area contributed by atoms with Crippen molar-refractivity contribution in [2.75, 3.05) is 14.9 Å². The molecular formula is C25H22F3N3O4S. The largest absolute Gasteiger partial charge is 0.416 e. The van der Waals surface area contributed by atoms with Gasteiger partial charge in [0, 0.05) is 11.4 Å². The lowest BCUT2D eigenvalue weighted by Crippen LogP contribution is -2.35. The van der Waals surface area contributed by atoms with Crippen molar-refractivity contribution in [1.29, 1.82) is 0 Å². The van der Waals surface area contributed by atoms with Crippen LogP contribution in [0, 0.1) is 13.8 Å². The maximum absolute atomic E-state index is 13.0. The molecule has 0 aliphatic carbocycles. The fourth-order valence-electron chi connectivity index (χ4n) is 3.98. The van der Waals surface area contributed by atoms with E-state index in [1.54, 1.807) is 19.1 Å². The summed E-state index contributed by atoms with van der Waals surface area (Å²) in [5.74, 6) is -0.859. The molecule has 0 bridgehead atoms. The van der Waals surface area contributed by atoms with Crippen molar-refractivity contribution < 1.29 is 31.2 Å². The lowest BCUT2D eigenvalue weighted by atomic mass is 10.1. The van der Waals surface area contributed by atoms with Crippen molar-refractivity contribution in [2.24, 2.45) is 0 Å². The minimum Gasteiger partial charge on any atom is -0.373 e. The van der Waals surface area contributed by atoms with E-state index < -0.39 is 33.7 Å². The summed E-state index contributed by atoms with van der Waals surface area (Å²) in [4.78, 5) is 26.5. The number of hydrogen-bond donors (Lipinski definition) is 2. The van der Waals surface area contributed by atoms with Crippen LogP contribution in [0.15, 0.2) is 71.6 Å². The smallest absolute Gasteiger partial charge is 0.373 e. The van der Waals surface area contributed by atoms with Gasteiger partial charge in [-0.2, -0.15) is 13.2 Å². The van der Waals surface area contributed by atoms with Gasteiger partial charge in [0.25, 0.3) is 15.9 Å². The zero-order valence-corrected chi connectivity index (χ0v) is 20.1. The molecule has 36 heavy (non-hydrogen) atoms. The number of halogens is 3. The summed E-state index contributed by atoms with van der Waals surface area (Å²) < 4.78 is 66.7. The molecule has 0 aromatic heterocycles. The van der Waals surface area contributed by atoms with Crippen LogP contribution in [0.2, 0.25) is 0 Å². The molecule has 3 aromatic carbocycles. The van der Waals surface area contributed by atoms with E-state index in [1.807, 2.05) is 13.0 Å². The molecule has 7 nitrogen and oxygen atoms in total. The number of rotatable bonds is 6. The van der Waals surface area contributed by atoms with E-state index >= 15 is 0 Å². The number of carbonyl (C=O) groups excluding carboxylic acids is 2. The van der Waals surface area contributed by atoms with Gasteiger partial charge in [-0.1, -0.05) is 29.8 Å². The maximum atomic E-state index is 13.0. The number of nitrogens with zero attached hydrogens (tertiary/aromatic N) is 1. The maximum Gasteiger partial charge on any atom is 0.416 e. The normalized spacial score (nSPS) is 16.4. The number of hydrogen-bond acceptors (Lipinski definition) is 5. The van der Waals surface area contributed by atoms with Gasteiger partial charge in [0.15, 0.2) is 0 Å². The van der Waals surface area contributed by atoms with Crippen LogP contribution in [-0.2, 0) is 25.8 Å². The second-order valence-corrected chi connectivity index (χ2v) is 10.2. The Morgan fingerprint density at radius 2 is 1.61 bits per heavy atom. The second kappa shape index (κ2) is 9.30. The summed E-state index contributed by atoms with van der Waals surface area (Å²) in [6.45, 7) is 3.70. The fourth-order valence-corrected chi connectivity index (χ4v) is 5.08. The number of imide groups is 1. The van der Waals surface area contributed by atoms with Crippen LogP contribution in [0.25, 0.3) is 0 Å². The average Bonchev–Trinajstić information content (AvgIpc) is 3.06. The van der Waals surface area contributed by atoms with Gasteiger partial charge in [0.2, 0.25) is 5.91 Å². The van der Waals surface area contributed by atoms with Gasteiger partial charge in [-0.3, -0.25) is 14.3 Å². The van der Waals surface area contributed by atoms with Crippen LogP contribution in [0.1, 0.15) is 23.1 Å². The third-order valence-electron chi connectivity index (χ3n) is 5.67. The van der Waals surface area contributed by atoms with Gasteiger partial charge in [0.1, 0.15) is 6.04 Å². The Morgan fingerprint density at radius 3 is 2.31 bits per heavy atom. The first-order chi connectivity index (χ1) is 16.8. The molecule has 3 aromatic rings. The number of amides is 2. The van der Waals surface area contributed by atoms with Crippen LogP contribution >= 0.6 is 0 Å². The van der Waals surface area contributed by atoms with Crippen LogP contribution in [0.5, 0.6) is 0 Å². The number of alkyl halides is 3. The predicted octanol–water partition coefficient (Wildman–Crippen LogP) is 4.87.